The Kier molecular flexibility index (Phi) is 6.21. The van der Waals surface area contributed by atoms with Gasteiger partial charge in [-0.15, -0.1) is 0 Å². The van der Waals surface area contributed by atoms with E-state index in [9.17, 15) is 35.2 Å². The first-order chi connectivity index (χ1) is 15.5. The monoisotopic (exact) mass is 488 g/mol. The van der Waals surface area contributed by atoms with Crippen LogP contribution in [-0.2, 0) is 27.4 Å². The number of aryl methyl sites for hydroxylation is 1. The zero-order valence-corrected chi connectivity index (χ0v) is 18.2. The molecule has 1 amide bonds. The SMILES string of the molecule is O=C(C1CCN(S(=O)(=O)c2cc(F)ccc2F)CC1)N1CCCc2cc(C(F)(F)F)ccc21. The van der Waals surface area contributed by atoms with Gasteiger partial charge in [0.25, 0.3) is 0 Å². The molecule has 0 saturated carbocycles. The van der Waals surface area contributed by atoms with Gasteiger partial charge >= 0.3 is 6.18 Å². The molecule has 178 valence electrons. The van der Waals surface area contributed by atoms with Gasteiger partial charge in [0.2, 0.25) is 15.9 Å². The van der Waals surface area contributed by atoms with Gasteiger partial charge in [-0.2, -0.15) is 17.5 Å². The summed E-state index contributed by atoms with van der Waals surface area (Å²) in [6.07, 6.45) is -3.19. The number of carbonyl (C=O) groups is 1. The lowest BCUT2D eigenvalue weighted by Crippen LogP contribution is -2.46. The van der Waals surface area contributed by atoms with Crippen molar-refractivity contribution < 1.29 is 35.2 Å². The minimum absolute atomic E-state index is 0.0532. The summed E-state index contributed by atoms with van der Waals surface area (Å²) in [5.74, 6) is -2.73. The molecule has 0 radical (unpaired) electrons. The molecule has 2 aliphatic rings. The third kappa shape index (κ3) is 4.61. The second-order valence-electron chi connectivity index (χ2n) is 8.19. The first kappa shape index (κ1) is 23.6. The molecule has 0 atom stereocenters. The number of nitrogens with zero attached hydrogens (tertiary/aromatic N) is 2. The molecule has 11 heteroatoms. The van der Waals surface area contributed by atoms with E-state index in [2.05, 4.69) is 0 Å². The van der Waals surface area contributed by atoms with Gasteiger partial charge in [0, 0.05) is 31.2 Å². The summed E-state index contributed by atoms with van der Waals surface area (Å²) in [6.45, 7) is 0.259. The van der Waals surface area contributed by atoms with Gasteiger partial charge in [0.1, 0.15) is 16.5 Å². The highest BCUT2D eigenvalue weighted by Gasteiger charge is 2.37. The molecule has 0 bridgehead atoms. The van der Waals surface area contributed by atoms with E-state index in [0.717, 1.165) is 28.6 Å². The molecular weight excluding hydrogens is 467 g/mol. The number of piperidine rings is 1. The average molecular weight is 488 g/mol. The van der Waals surface area contributed by atoms with Gasteiger partial charge in [-0.05, 0) is 67.6 Å². The summed E-state index contributed by atoms with van der Waals surface area (Å²) in [5.41, 5.74) is 0.126. The molecule has 33 heavy (non-hydrogen) atoms. The second-order valence-corrected chi connectivity index (χ2v) is 10.1. The number of fused-ring (bicyclic) bond motifs is 1. The maximum atomic E-state index is 14.0. The van der Waals surface area contributed by atoms with Crippen molar-refractivity contribution in [3.63, 3.8) is 0 Å². The normalized spacial score (nSPS) is 18.3. The second kappa shape index (κ2) is 8.68. The number of sulfonamides is 1. The quantitative estimate of drug-likeness (QED) is 0.604. The number of hydrogen-bond donors (Lipinski definition) is 0. The lowest BCUT2D eigenvalue weighted by Gasteiger charge is -2.36. The Bertz CT molecular complexity index is 1180. The molecule has 0 spiro atoms. The van der Waals surface area contributed by atoms with Crippen molar-refractivity contribution in [1.82, 2.24) is 4.31 Å². The van der Waals surface area contributed by atoms with Crippen LogP contribution in [0.25, 0.3) is 0 Å². The predicted molar refractivity (Wildman–Crippen MR) is 110 cm³/mol. The first-order valence-electron chi connectivity index (χ1n) is 10.4. The fourth-order valence-corrected chi connectivity index (χ4v) is 5.93. The Morgan fingerprint density at radius 2 is 1.67 bits per heavy atom. The van der Waals surface area contributed by atoms with Crippen LogP contribution in [0.3, 0.4) is 0 Å². The van der Waals surface area contributed by atoms with E-state index in [0.29, 0.717) is 36.7 Å². The molecule has 2 aliphatic heterocycles. The average Bonchev–Trinajstić information content (AvgIpc) is 2.78. The van der Waals surface area contributed by atoms with Crippen LogP contribution < -0.4 is 4.90 Å². The largest absolute Gasteiger partial charge is 0.416 e. The Balaban J connectivity index is 1.48. The standard InChI is InChI=1S/C22H21F5N2O3S/c23-17-4-5-18(24)20(13-17)33(31,32)28-10-7-14(8-11-28)21(30)29-9-1-2-15-12-16(22(25,26)27)3-6-19(15)29/h3-6,12-14H,1-2,7-11H2. The molecular formula is C22H21F5N2O3S. The van der Waals surface area contributed by atoms with Crippen LogP contribution in [0, 0.1) is 17.6 Å². The zero-order valence-electron chi connectivity index (χ0n) is 17.4. The molecule has 2 heterocycles. The van der Waals surface area contributed by atoms with Gasteiger partial charge in [-0.25, -0.2) is 17.2 Å². The number of alkyl halides is 3. The van der Waals surface area contributed by atoms with Crippen molar-refractivity contribution in [3.8, 4) is 0 Å². The van der Waals surface area contributed by atoms with E-state index >= 15 is 0 Å². The number of carbonyl (C=O) groups excluding carboxylic acids is 1. The molecule has 2 aromatic carbocycles. The maximum Gasteiger partial charge on any atom is 0.416 e. The molecule has 0 aliphatic carbocycles. The minimum Gasteiger partial charge on any atom is -0.312 e. The van der Waals surface area contributed by atoms with E-state index in [1.807, 2.05) is 0 Å². The molecule has 0 aromatic heterocycles. The van der Waals surface area contributed by atoms with Crippen LogP contribution in [0.4, 0.5) is 27.6 Å². The summed E-state index contributed by atoms with van der Waals surface area (Å²) in [6, 6.07) is 5.53. The number of hydrogen-bond acceptors (Lipinski definition) is 3. The lowest BCUT2D eigenvalue weighted by molar-refractivity contribution is -0.137. The summed E-state index contributed by atoms with van der Waals surface area (Å²) in [4.78, 5) is 13.9. The van der Waals surface area contributed by atoms with Crippen LogP contribution >= 0.6 is 0 Å². The number of amides is 1. The fourth-order valence-electron chi connectivity index (χ4n) is 4.38. The smallest absolute Gasteiger partial charge is 0.312 e. The zero-order chi connectivity index (χ0) is 24.0. The molecule has 0 unspecified atom stereocenters. The van der Waals surface area contributed by atoms with E-state index in [1.165, 1.54) is 11.0 Å². The van der Waals surface area contributed by atoms with Crippen molar-refractivity contribution in [2.24, 2.45) is 5.92 Å². The van der Waals surface area contributed by atoms with E-state index < -0.39 is 44.2 Å². The van der Waals surface area contributed by atoms with Gasteiger partial charge in [0.05, 0.1) is 5.56 Å². The number of rotatable bonds is 3. The Labute approximate surface area is 187 Å². The van der Waals surface area contributed by atoms with Crippen LogP contribution in [0.5, 0.6) is 0 Å². The van der Waals surface area contributed by atoms with Crippen LogP contribution in [-0.4, -0.2) is 38.3 Å². The Morgan fingerprint density at radius 3 is 2.33 bits per heavy atom. The Morgan fingerprint density at radius 1 is 0.970 bits per heavy atom. The lowest BCUT2D eigenvalue weighted by atomic mass is 9.93. The third-order valence-corrected chi connectivity index (χ3v) is 8.02. The highest BCUT2D eigenvalue weighted by Crippen LogP contribution is 2.36. The topological polar surface area (TPSA) is 57.7 Å². The maximum absolute atomic E-state index is 14.0. The highest BCUT2D eigenvalue weighted by atomic mass is 32.2. The van der Waals surface area contributed by atoms with E-state index in [4.69, 9.17) is 0 Å². The van der Waals surface area contributed by atoms with Crippen molar-refractivity contribution >= 4 is 21.6 Å². The molecule has 1 saturated heterocycles. The van der Waals surface area contributed by atoms with Crippen molar-refractivity contribution in [3.05, 3.63) is 59.2 Å². The summed E-state index contributed by atoms with van der Waals surface area (Å²) in [5, 5.41) is 0. The van der Waals surface area contributed by atoms with Crippen LogP contribution in [0.1, 0.15) is 30.4 Å². The van der Waals surface area contributed by atoms with Gasteiger partial charge < -0.3 is 4.90 Å². The first-order valence-corrected chi connectivity index (χ1v) is 11.9. The van der Waals surface area contributed by atoms with Gasteiger partial charge in [0.15, 0.2) is 0 Å². The van der Waals surface area contributed by atoms with Crippen molar-refractivity contribution in [2.45, 2.75) is 36.8 Å². The van der Waals surface area contributed by atoms with E-state index in [-0.39, 0.29) is 31.8 Å². The minimum atomic E-state index is -4.47. The fraction of sp³-hybridized carbons (Fsp3) is 0.409. The summed E-state index contributed by atoms with van der Waals surface area (Å²) >= 11 is 0. The van der Waals surface area contributed by atoms with Gasteiger partial charge in [-0.1, -0.05) is 0 Å². The summed E-state index contributed by atoms with van der Waals surface area (Å²) in [7, 11) is -4.27. The van der Waals surface area contributed by atoms with Crippen LogP contribution in [0.2, 0.25) is 0 Å². The van der Waals surface area contributed by atoms with E-state index in [1.54, 1.807) is 0 Å². The molecule has 4 rings (SSSR count). The molecule has 1 fully saturated rings. The number of anilines is 1. The number of halogens is 5. The number of benzene rings is 2. The van der Waals surface area contributed by atoms with Crippen molar-refractivity contribution in [2.75, 3.05) is 24.5 Å². The third-order valence-electron chi connectivity index (χ3n) is 6.11. The van der Waals surface area contributed by atoms with Gasteiger partial charge in [-0.3, -0.25) is 4.79 Å². The summed E-state index contributed by atoms with van der Waals surface area (Å²) < 4.78 is 93.1. The Hall–Kier alpha value is -2.53. The molecule has 5 nitrogen and oxygen atoms in total. The van der Waals surface area contributed by atoms with Crippen molar-refractivity contribution in [1.29, 1.82) is 0 Å². The molecule has 2 aromatic rings. The molecule has 0 N–H and O–H groups in total. The van der Waals surface area contributed by atoms with Crippen LogP contribution in [0.15, 0.2) is 41.3 Å². The predicted octanol–water partition coefficient (Wildman–Crippen LogP) is 4.36. The highest BCUT2D eigenvalue weighted by molar-refractivity contribution is 7.89.